The van der Waals surface area contributed by atoms with Crippen molar-refractivity contribution in [3.63, 3.8) is 0 Å². The molecule has 3 rings (SSSR count). The molecule has 0 aliphatic carbocycles. The SMILES string of the molecule is O=[N+]([O-])c1cccc(-c2ncn(CN(Cc3ccccc3)CC(F)(F)F)n2)c1. The fourth-order valence-corrected chi connectivity index (χ4v) is 2.71. The van der Waals surface area contributed by atoms with E-state index in [1.165, 1.54) is 34.1 Å². The van der Waals surface area contributed by atoms with E-state index < -0.39 is 17.6 Å². The Bertz CT molecular complexity index is 944. The summed E-state index contributed by atoms with van der Waals surface area (Å²) in [7, 11) is 0. The quantitative estimate of drug-likeness (QED) is 0.451. The van der Waals surface area contributed by atoms with Gasteiger partial charge in [0.25, 0.3) is 5.69 Å². The molecule has 7 nitrogen and oxygen atoms in total. The summed E-state index contributed by atoms with van der Waals surface area (Å²) in [6.07, 6.45) is -3.05. The molecule has 0 aliphatic heterocycles. The zero-order valence-electron chi connectivity index (χ0n) is 14.6. The number of halogens is 3. The van der Waals surface area contributed by atoms with Crippen molar-refractivity contribution in [2.24, 2.45) is 0 Å². The van der Waals surface area contributed by atoms with Crippen molar-refractivity contribution in [3.05, 3.63) is 76.6 Å². The van der Waals surface area contributed by atoms with Crippen LogP contribution in [-0.2, 0) is 13.2 Å². The molecule has 2 aromatic carbocycles. The second kappa shape index (κ2) is 8.17. The van der Waals surface area contributed by atoms with Crippen LogP contribution in [0.1, 0.15) is 5.56 Å². The van der Waals surface area contributed by atoms with Crippen molar-refractivity contribution < 1.29 is 18.1 Å². The second-order valence-corrected chi connectivity index (χ2v) is 6.14. The molecule has 0 unspecified atom stereocenters. The summed E-state index contributed by atoms with van der Waals surface area (Å²) in [6, 6.07) is 14.6. The molecule has 3 aromatic rings. The highest BCUT2D eigenvalue weighted by molar-refractivity contribution is 5.58. The van der Waals surface area contributed by atoms with Gasteiger partial charge in [0.15, 0.2) is 5.82 Å². The van der Waals surface area contributed by atoms with Crippen LogP contribution < -0.4 is 0 Å². The van der Waals surface area contributed by atoms with Gasteiger partial charge >= 0.3 is 6.18 Å². The monoisotopic (exact) mass is 391 g/mol. The molecule has 0 N–H and O–H groups in total. The highest BCUT2D eigenvalue weighted by Crippen LogP contribution is 2.22. The van der Waals surface area contributed by atoms with Gasteiger partial charge in [0.1, 0.15) is 6.33 Å². The molecule has 0 bridgehead atoms. The minimum absolute atomic E-state index is 0.0896. The number of alkyl halides is 3. The van der Waals surface area contributed by atoms with Crippen LogP contribution in [-0.4, -0.2) is 37.3 Å². The van der Waals surface area contributed by atoms with Crippen molar-refractivity contribution in [3.8, 4) is 11.4 Å². The van der Waals surface area contributed by atoms with Gasteiger partial charge in [-0.25, -0.2) is 9.67 Å². The summed E-state index contributed by atoms with van der Waals surface area (Å²) in [4.78, 5) is 15.6. The first-order chi connectivity index (χ1) is 13.3. The third-order valence-electron chi connectivity index (χ3n) is 3.85. The smallest absolute Gasteiger partial charge is 0.271 e. The van der Waals surface area contributed by atoms with E-state index in [4.69, 9.17) is 0 Å². The van der Waals surface area contributed by atoms with Crippen molar-refractivity contribution >= 4 is 5.69 Å². The average Bonchev–Trinajstić information content (AvgIpc) is 3.10. The minimum Gasteiger partial charge on any atom is -0.271 e. The van der Waals surface area contributed by atoms with E-state index in [1.807, 2.05) is 0 Å². The van der Waals surface area contributed by atoms with Crippen LogP contribution in [0.2, 0.25) is 0 Å². The molecule has 0 atom stereocenters. The van der Waals surface area contributed by atoms with Gasteiger partial charge in [0.05, 0.1) is 18.1 Å². The third-order valence-corrected chi connectivity index (χ3v) is 3.85. The molecule has 10 heteroatoms. The van der Waals surface area contributed by atoms with Crippen molar-refractivity contribution in [2.75, 3.05) is 6.54 Å². The molecule has 1 aromatic heterocycles. The lowest BCUT2D eigenvalue weighted by molar-refractivity contribution is -0.384. The maximum absolute atomic E-state index is 13.0. The van der Waals surface area contributed by atoms with E-state index in [2.05, 4.69) is 10.1 Å². The maximum Gasteiger partial charge on any atom is 0.401 e. The van der Waals surface area contributed by atoms with Gasteiger partial charge in [-0.05, 0) is 5.56 Å². The Kier molecular flexibility index (Phi) is 5.69. The van der Waals surface area contributed by atoms with Gasteiger partial charge in [0, 0.05) is 24.2 Å². The van der Waals surface area contributed by atoms with Crippen molar-refractivity contribution in [1.29, 1.82) is 0 Å². The predicted molar refractivity (Wildman–Crippen MR) is 95.0 cm³/mol. The average molecular weight is 391 g/mol. The summed E-state index contributed by atoms with van der Waals surface area (Å²) < 4.78 is 40.1. The number of non-ortho nitro benzene ring substituents is 1. The molecule has 28 heavy (non-hydrogen) atoms. The Morgan fingerprint density at radius 1 is 1.11 bits per heavy atom. The number of benzene rings is 2. The Balaban J connectivity index is 1.78. The maximum atomic E-state index is 13.0. The fraction of sp³-hybridized carbons (Fsp3) is 0.222. The van der Waals surface area contributed by atoms with Crippen LogP contribution >= 0.6 is 0 Å². The predicted octanol–water partition coefficient (Wildman–Crippen LogP) is 3.88. The molecule has 0 saturated heterocycles. The van der Waals surface area contributed by atoms with Crippen molar-refractivity contribution in [1.82, 2.24) is 19.7 Å². The number of nitro benzene ring substituents is 1. The first-order valence-electron chi connectivity index (χ1n) is 8.27. The molecular weight excluding hydrogens is 375 g/mol. The van der Waals surface area contributed by atoms with Crippen LogP contribution in [0.15, 0.2) is 60.9 Å². The lowest BCUT2D eigenvalue weighted by Gasteiger charge is -2.23. The van der Waals surface area contributed by atoms with Crippen LogP contribution in [0, 0.1) is 10.1 Å². The molecule has 1 heterocycles. The van der Waals surface area contributed by atoms with Gasteiger partial charge < -0.3 is 0 Å². The molecule has 0 radical (unpaired) electrons. The molecule has 146 valence electrons. The van der Waals surface area contributed by atoms with E-state index in [1.54, 1.807) is 36.4 Å². The summed E-state index contributed by atoms with van der Waals surface area (Å²) in [6.45, 7) is -1.14. The van der Waals surface area contributed by atoms with Crippen LogP contribution in [0.25, 0.3) is 11.4 Å². The Morgan fingerprint density at radius 3 is 2.54 bits per heavy atom. The molecule has 0 saturated carbocycles. The highest BCUT2D eigenvalue weighted by atomic mass is 19.4. The summed E-state index contributed by atoms with van der Waals surface area (Å²) in [5, 5.41) is 15.1. The summed E-state index contributed by atoms with van der Waals surface area (Å²) in [5.74, 6) is 0.204. The van der Waals surface area contributed by atoms with E-state index in [9.17, 15) is 23.3 Å². The van der Waals surface area contributed by atoms with Gasteiger partial charge in [-0.3, -0.25) is 15.0 Å². The molecule has 0 aliphatic rings. The van der Waals surface area contributed by atoms with E-state index in [0.717, 1.165) is 5.56 Å². The number of hydrogen-bond acceptors (Lipinski definition) is 5. The van der Waals surface area contributed by atoms with Gasteiger partial charge in [0.2, 0.25) is 0 Å². The fourth-order valence-electron chi connectivity index (χ4n) is 2.71. The van der Waals surface area contributed by atoms with Gasteiger partial charge in [-0.2, -0.15) is 13.2 Å². The number of hydrogen-bond donors (Lipinski definition) is 0. The Labute approximate surface area is 158 Å². The third kappa shape index (κ3) is 5.36. The zero-order valence-corrected chi connectivity index (χ0v) is 14.6. The standard InChI is InChI=1S/C18H16F3N5O2/c19-18(20,21)11-24(10-14-5-2-1-3-6-14)13-25-12-22-17(23-25)15-7-4-8-16(9-15)26(27)28/h1-9,12H,10-11,13H2. The number of aromatic nitrogens is 3. The largest absolute Gasteiger partial charge is 0.401 e. The molecule has 0 amide bonds. The van der Waals surface area contributed by atoms with E-state index in [-0.39, 0.29) is 24.7 Å². The number of rotatable bonds is 7. The Hall–Kier alpha value is -3.27. The van der Waals surface area contributed by atoms with Crippen LogP contribution in [0.5, 0.6) is 0 Å². The lowest BCUT2D eigenvalue weighted by atomic mass is 10.2. The molecule has 0 fully saturated rings. The molecule has 0 spiro atoms. The normalized spacial score (nSPS) is 11.7. The minimum atomic E-state index is -4.36. The van der Waals surface area contributed by atoms with Gasteiger partial charge in [-0.15, -0.1) is 5.10 Å². The van der Waals surface area contributed by atoms with E-state index >= 15 is 0 Å². The molecular formula is C18H16F3N5O2. The number of nitro groups is 1. The first-order valence-corrected chi connectivity index (χ1v) is 8.27. The highest BCUT2D eigenvalue weighted by Gasteiger charge is 2.31. The van der Waals surface area contributed by atoms with Crippen LogP contribution in [0.4, 0.5) is 18.9 Å². The van der Waals surface area contributed by atoms with Crippen LogP contribution in [0.3, 0.4) is 0 Å². The van der Waals surface area contributed by atoms with Gasteiger partial charge in [-0.1, -0.05) is 42.5 Å². The summed E-state index contributed by atoms with van der Waals surface area (Å²) >= 11 is 0. The zero-order chi connectivity index (χ0) is 20.1. The number of nitrogens with zero attached hydrogens (tertiary/aromatic N) is 5. The summed E-state index contributed by atoms with van der Waals surface area (Å²) in [5.41, 5.74) is 1.04. The Morgan fingerprint density at radius 2 is 1.86 bits per heavy atom. The lowest BCUT2D eigenvalue weighted by Crippen LogP contribution is -2.35. The van der Waals surface area contributed by atoms with E-state index in [0.29, 0.717) is 5.56 Å². The first kappa shape index (κ1) is 19.5. The topological polar surface area (TPSA) is 77.1 Å². The van der Waals surface area contributed by atoms with Crippen molar-refractivity contribution in [2.45, 2.75) is 19.4 Å². The second-order valence-electron chi connectivity index (χ2n) is 6.14.